The first-order valence-corrected chi connectivity index (χ1v) is 7.92. The Morgan fingerprint density at radius 2 is 2.30 bits per heavy atom. The summed E-state index contributed by atoms with van der Waals surface area (Å²) in [5.41, 5.74) is 0.563. The molecule has 1 aromatic carbocycles. The van der Waals surface area contributed by atoms with E-state index in [1.54, 1.807) is 18.2 Å². The van der Waals surface area contributed by atoms with Gasteiger partial charge in [-0.15, -0.1) is 0 Å². The van der Waals surface area contributed by atoms with Crippen molar-refractivity contribution in [2.24, 2.45) is 0 Å². The number of aliphatic hydroxyl groups excluding tert-OH is 1. The molecule has 1 saturated heterocycles. The van der Waals surface area contributed by atoms with Gasteiger partial charge in [-0.05, 0) is 38.0 Å². The number of hydrogen-bond acceptors (Lipinski definition) is 6. The quantitative estimate of drug-likeness (QED) is 0.669. The Morgan fingerprint density at radius 3 is 2.96 bits per heavy atom. The lowest BCUT2D eigenvalue weighted by atomic mass is 10.1. The van der Waals surface area contributed by atoms with Gasteiger partial charge in [0.2, 0.25) is 0 Å². The van der Waals surface area contributed by atoms with Crippen molar-refractivity contribution >= 4 is 5.78 Å². The highest BCUT2D eigenvalue weighted by molar-refractivity contribution is 5.94. The van der Waals surface area contributed by atoms with Gasteiger partial charge in [-0.3, -0.25) is 4.79 Å². The molecule has 2 rings (SSSR count). The van der Waals surface area contributed by atoms with Crippen molar-refractivity contribution < 1.29 is 24.1 Å². The third-order valence-corrected chi connectivity index (χ3v) is 3.78. The fourth-order valence-corrected chi connectivity index (χ4v) is 2.47. The number of ketones is 1. The number of nitrogens with one attached hydrogen (secondary N) is 1. The van der Waals surface area contributed by atoms with Crippen molar-refractivity contribution in [1.29, 1.82) is 0 Å². The topological polar surface area (TPSA) is 77.0 Å². The first-order chi connectivity index (χ1) is 11.1. The minimum Gasteiger partial charge on any atom is -0.493 e. The SMILES string of the molecule is COc1cc(C(C)=O)ccc1OC[C@@H](O)CNC[C@@H]1CCCO1. The van der Waals surface area contributed by atoms with E-state index in [1.165, 1.54) is 14.0 Å². The van der Waals surface area contributed by atoms with Crippen LogP contribution < -0.4 is 14.8 Å². The van der Waals surface area contributed by atoms with Crippen LogP contribution in [0.4, 0.5) is 0 Å². The zero-order chi connectivity index (χ0) is 16.7. The van der Waals surface area contributed by atoms with Crippen molar-refractivity contribution in [3.05, 3.63) is 23.8 Å². The van der Waals surface area contributed by atoms with Gasteiger partial charge in [-0.25, -0.2) is 0 Å². The summed E-state index contributed by atoms with van der Waals surface area (Å²) < 4.78 is 16.3. The van der Waals surface area contributed by atoms with E-state index in [9.17, 15) is 9.90 Å². The van der Waals surface area contributed by atoms with Gasteiger partial charge in [0.15, 0.2) is 17.3 Å². The Labute approximate surface area is 136 Å². The van der Waals surface area contributed by atoms with Gasteiger partial charge in [0, 0.05) is 25.3 Å². The van der Waals surface area contributed by atoms with E-state index < -0.39 is 6.10 Å². The number of benzene rings is 1. The second-order valence-corrected chi connectivity index (χ2v) is 5.68. The third kappa shape index (κ3) is 5.49. The molecule has 0 radical (unpaired) electrons. The maximum absolute atomic E-state index is 11.4. The molecule has 0 aliphatic carbocycles. The van der Waals surface area contributed by atoms with Crippen LogP contribution in [0.25, 0.3) is 0 Å². The van der Waals surface area contributed by atoms with Gasteiger partial charge in [-0.1, -0.05) is 0 Å². The van der Waals surface area contributed by atoms with Crippen molar-refractivity contribution in [1.82, 2.24) is 5.32 Å². The Kier molecular flexibility index (Phi) is 6.83. The summed E-state index contributed by atoms with van der Waals surface area (Å²) in [6.07, 6.45) is 1.80. The summed E-state index contributed by atoms with van der Waals surface area (Å²) in [4.78, 5) is 11.4. The molecule has 0 amide bonds. The Balaban J connectivity index is 1.76. The molecule has 2 N–H and O–H groups in total. The molecule has 23 heavy (non-hydrogen) atoms. The van der Waals surface area contributed by atoms with Gasteiger partial charge in [-0.2, -0.15) is 0 Å². The predicted octanol–water partition coefficient (Wildman–Crippen LogP) is 1.41. The van der Waals surface area contributed by atoms with E-state index in [4.69, 9.17) is 14.2 Å². The standard InChI is InChI=1S/C17H25NO5/c1-12(19)13-5-6-16(17(8-13)21-2)23-11-14(20)9-18-10-15-4-3-7-22-15/h5-6,8,14-15,18,20H,3-4,7,9-11H2,1-2H3/t14-,15-/m0/s1. The molecule has 0 spiro atoms. The van der Waals surface area contributed by atoms with Gasteiger partial charge in [0.1, 0.15) is 12.7 Å². The summed E-state index contributed by atoms with van der Waals surface area (Å²) >= 11 is 0. The third-order valence-electron chi connectivity index (χ3n) is 3.78. The minimum atomic E-state index is -0.631. The molecule has 0 unspecified atom stereocenters. The lowest BCUT2D eigenvalue weighted by molar-refractivity contribution is 0.0873. The van der Waals surface area contributed by atoms with Gasteiger partial charge < -0.3 is 24.6 Å². The fraction of sp³-hybridized carbons (Fsp3) is 0.588. The van der Waals surface area contributed by atoms with Crippen LogP contribution in [0.1, 0.15) is 30.1 Å². The van der Waals surface area contributed by atoms with Crippen LogP contribution >= 0.6 is 0 Å². The number of methoxy groups -OCH3 is 1. The first-order valence-electron chi connectivity index (χ1n) is 7.92. The molecular weight excluding hydrogens is 298 g/mol. The summed E-state index contributed by atoms with van der Waals surface area (Å²) in [5.74, 6) is 0.959. The van der Waals surface area contributed by atoms with E-state index in [2.05, 4.69) is 5.32 Å². The average Bonchev–Trinajstić information content (AvgIpc) is 3.06. The number of ether oxygens (including phenoxy) is 3. The highest BCUT2D eigenvalue weighted by atomic mass is 16.5. The van der Waals surface area contributed by atoms with Crippen molar-refractivity contribution in [2.45, 2.75) is 32.0 Å². The Morgan fingerprint density at radius 1 is 1.48 bits per heavy atom. The van der Waals surface area contributed by atoms with Crippen LogP contribution in [0.5, 0.6) is 11.5 Å². The van der Waals surface area contributed by atoms with Crippen LogP contribution in [0, 0.1) is 0 Å². The molecule has 1 heterocycles. The summed E-state index contributed by atoms with van der Waals surface area (Å²) in [7, 11) is 1.52. The minimum absolute atomic E-state index is 0.0341. The molecule has 0 bridgehead atoms. The largest absolute Gasteiger partial charge is 0.493 e. The summed E-state index contributed by atoms with van der Waals surface area (Å²) in [6, 6.07) is 5.00. The van der Waals surface area contributed by atoms with Crippen LogP contribution in [0.3, 0.4) is 0 Å². The lowest BCUT2D eigenvalue weighted by Crippen LogP contribution is -2.35. The molecule has 0 saturated carbocycles. The Hall–Kier alpha value is -1.63. The van der Waals surface area contributed by atoms with Crippen LogP contribution in [-0.4, -0.2) is 56.5 Å². The molecule has 1 fully saturated rings. The summed E-state index contributed by atoms with van der Waals surface area (Å²) in [6.45, 7) is 3.66. The van der Waals surface area contributed by atoms with Gasteiger partial charge in [0.05, 0.1) is 13.2 Å². The summed E-state index contributed by atoms with van der Waals surface area (Å²) in [5, 5.41) is 13.2. The zero-order valence-corrected chi connectivity index (χ0v) is 13.7. The first kappa shape index (κ1) is 17.7. The van der Waals surface area contributed by atoms with Crippen molar-refractivity contribution in [3.8, 4) is 11.5 Å². The molecule has 6 heteroatoms. The molecule has 6 nitrogen and oxygen atoms in total. The lowest BCUT2D eigenvalue weighted by Gasteiger charge is -2.16. The zero-order valence-electron chi connectivity index (χ0n) is 13.7. The second-order valence-electron chi connectivity index (χ2n) is 5.68. The number of rotatable bonds is 9. The number of aliphatic hydroxyl groups is 1. The number of carbonyl (C=O) groups is 1. The maximum Gasteiger partial charge on any atom is 0.161 e. The van der Waals surface area contributed by atoms with E-state index >= 15 is 0 Å². The number of hydrogen-bond donors (Lipinski definition) is 2. The number of carbonyl (C=O) groups excluding carboxylic acids is 1. The second kappa shape index (κ2) is 8.86. The van der Waals surface area contributed by atoms with E-state index in [-0.39, 0.29) is 18.5 Å². The predicted molar refractivity (Wildman–Crippen MR) is 86.3 cm³/mol. The van der Waals surface area contributed by atoms with E-state index in [0.717, 1.165) is 26.0 Å². The average molecular weight is 323 g/mol. The van der Waals surface area contributed by atoms with E-state index in [1.807, 2.05) is 0 Å². The Bertz CT molecular complexity index is 514. The van der Waals surface area contributed by atoms with Gasteiger partial charge >= 0.3 is 0 Å². The van der Waals surface area contributed by atoms with Crippen molar-refractivity contribution in [3.63, 3.8) is 0 Å². The van der Waals surface area contributed by atoms with Gasteiger partial charge in [0.25, 0.3) is 0 Å². The number of Topliss-reactive ketones (excluding diaryl/α,β-unsaturated/α-hetero) is 1. The molecule has 1 aromatic rings. The molecule has 128 valence electrons. The fourth-order valence-electron chi connectivity index (χ4n) is 2.47. The highest BCUT2D eigenvalue weighted by Gasteiger charge is 2.16. The smallest absolute Gasteiger partial charge is 0.161 e. The molecule has 0 aromatic heterocycles. The normalized spacial score (nSPS) is 18.7. The van der Waals surface area contributed by atoms with Crippen LogP contribution in [0.15, 0.2) is 18.2 Å². The molecular formula is C17H25NO5. The molecule has 2 atom stereocenters. The van der Waals surface area contributed by atoms with Crippen molar-refractivity contribution in [2.75, 3.05) is 33.4 Å². The highest BCUT2D eigenvalue weighted by Crippen LogP contribution is 2.28. The molecule has 1 aliphatic heterocycles. The van der Waals surface area contributed by atoms with E-state index in [0.29, 0.717) is 23.6 Å². The molecule has 1 aliphatic rings. The monoisotopic (exact) mass is 323 g/mol. The van der Waals surface area contributed by atoms with Crippen LogP contribution in [-0.2, 0) is 4.74 Å². The maximum atomic E-state index is 11.4. The van der Waals surface area contributed by atoms with Crippen LogP contribution in [0.2, 0.25) is 0 Å².